The minimum Gasteiger partial charge on any atom is -0.436 e. The molecular weight excluding hydrogens is 454 g/mol. The number of hydrogen-bond acceptors (Lipinski definition) is 3. The summed E-state index contributed by atoms with van der Waals surface area (Å²) in [6, 6.07) is 6.85. The highest BCUT2D eigenvalue weighted by Crippen LogP contribution is 2.38. The number of ether oxygens (including phenoxy) is 1. The van der Waals surface area contributed by atoms with Crippen molar-refractivity contribution in [3.8, 4) is 22.9 Å². The van der Waals surface area contributed by atoms with Crippen LogP contribution in [0.15, 0.2) is 53.4 Å². The third kappa shape index (κ3) is 4.92. The van der Waals surface area contributed by atoms with Crippen LogP contribution >= 0.6 is 11.8 Å². The third-order valence-electron chi connectivity index (χ3n) is 4.07. The number of pyridine rings is 1. The molecule has 2 nitrogen and oxygen atoms in total. The molecule has 0 aliphatic heterocycles. The van der Waals surface area contributed by atoms with Crippen LogP contribution in [-0.2, 0) is 12.4 Å². The zero-order chi connectivity index (χ0) is 23.0. The van der Waals surface area contributed by atoms with Crippen molar-refractivity contribution in [3.63, 3.8) is 0 Å². The molecular formula is C20H11F8NOS. The van der Waals surface area contributed by atoms with Crippen molar-refractivity contribution in [1.82, 2.24) is 4.98 Å². The lowest BCUT2D eigenvalue weighted by atomic mass is 10.1. The Morgan fingerprint density at radius 1 is 0.806 bits per heavy atom. The van der Waals surface area contributed by atoms with Gasteiger partial charge < -0.3 is 4.74 Å². The number of benzene rings is 2. The van der Waals surface area contributed by atoms with Crippen molar-refractivity contribution < 1.29 is 39.9 Å². The lowest BCUT2D eigenvalue weighted by molar-refractivity contribution is -0.138. The Labute approximate surface area is 174 Å². The van der Waals surface area contributed by atoms with Crippen molar-refractivity contribution >= 4 is 11.8 Å². The van der Waals surface area contributed by atoms with Gasteiger partial charge in [0.25, 0.3) is 5.88 Å². The fourth-order valence-corrected chi connectivity index (χ4v) is 3.15. The molecule has 0 amide bonds. The van der Waals surface area contributed by atoms with Crippen LogP contribution < -0.4 is 4.74 Å². The van der Waals surface area contributed by atoms with Crippen molar-refractivity contribution in [1.29, 1.82) is 0 Å². The van der Waals surface area contributed by atoms with Gasteiger partial charge in [0.15, 0.2) is 5.82 Å². The average Bonchev–Trinajstić information content (AvgIpc) is 2.69. The molecule has 0 N–H and O–H groups in total. The van der Waals surface area contributed by atoms with Gasteiger partial charge in [0.2, 0.25) is 5.82 Å². The van der Waals surface area contributed by atoms with Crippen LogP contribution in [0.3, 0.4) is 0 Å². The summed E-state index contributed by atoms with van der Waals surface area (Å²) in [7, 11) is 0. The first kappa shape index (κ1) is 22.9. The minimum atomic E-state index is -4.68. The standard InChI is InChI=1S/C20H11F8NOS/c1-31-17-14(21)16(10-5-7-11(8-6-10)19(23,24)25)29-18(15(17)22)30-13-4-2-3-12(9-13)20(26,27)28/h2-9H,1H3. The summed E-state index contributed by atoms with van der Waals surface area (Å²) in [5.41, 5.74) is -2.65. The lowest BCUT2D eigenvalue weighted by Gasteiger charge is -2.14. The first-order chi connectivity index (χ1) is 14.4. The zero-order valence-electron chi connectivity index (χ0n) is 15.4. The molecule has 1 heterocycles. The second-order valence-electron chi connectivity index (χ2n) is 6.13. The van der Waals surface area contributed by atoms with Gasteiger partial charge >= 0.3 is 12.4 Å². The summed E-state index contributed by atoms with van der Waals surface area (Å²) >= 11 is 0.640. The molecule has 0 saturated carbocycles. The average molecular weight is 465 g/mol. The number of rotatable bonds is 4. The van der Waals surface area contributed by atoms with Crippen LogP contribution in [0.2, 0.25) is 0 Å². The molecule has 11 heteroatoms. The normalized spacial score (nSPS) is 12.2. The first-order valence-corrected chi connectivity index (χ1v) is 9.60. The summed E-state index contributed by atoms with van der Waals surface area (Å²) in [5, 5.41) is 0. The highest BCUT2D eigenvalue weighted by Gasteiger charge is 2.32. The zero-order valence-corrected chi connectivity index (χ0v) is 16.2. The van der Waals surface area contributed by atoms with Gasteiger partial charge in [0.05, 0.1) is 16.0 Å². The molecule has 0 atom stereocenters. The number of thioether (sulfide) groups is 1. The molecule has 0 spiro atoms. The smallest absolute Gasteiger partial charge is 0.416 e. The van der Waals surface area contributed by atoms with E-state index in [9.17, 15) is 35.1 Å². The third-order valence-corrected chi connectivity index (χ3v) is 4.84. The Balaban J connectivity index is 2.07. The number of hydrogen-bond donors (Lipinski definition) is 0. The van der Waals surface area contributed by atoms with Gasteiger partial charge in [-0.1, -0.05) is 18.2 Å². The fourth-order valence-electron chi connectivity index (χ4n) is 2.60. The molecule has 3 aromatic rings. The summed E-state index contributed by atoms with van der Waals surface area (Å²) in [4.78, 5) is 3.13. The molecule has 0 fully saturated rings. The van der Waals surface area contributed by atoms with Gasteiger partial charge in [0, 0.05) is 5.56 Å². The number of aromatic nitrogens is 1. The molecule has 0 unspecified atom stereocenters. The summed E-state index contributed by atoms with van der Waals surface area (Å²) in [6.07, 6.45) is -7.95. The predicted octanol–water partition coefficient (Wildman–Crippen LogP) is 7.58. The van der Waals surface area contributed by atoms with Crippen LogP contribution in [-0.4, -0.2) is 11.2 Å². The quantitative estimate of drug-likeness (QED) is 0.293. The van der Waals surface area contributed by atoms with E-state index in [-0.39, 0.29) is 5.56 Å². The Bertz CT molecular complexity index is 1090. The fraction of sp³-hybridized carbons (Fsp3) is 0.150. The molecule has 0 saturated heterocycles. The molecule has 0 bridgehead atoms. The van der Waals surface area contributed by atoms with Gasteiger partial charge in [-0.05, 0) is 36.6 Å². The van der Waals surface area contributed by atoms with Crippen LogP contribution in [0.5, 0.6) is 11.6 Å². The van der Waals surface area contributed by atoms with E-state index in [1.807, 2.05) is 0 Å². The summed E-state index contributed by atoms with van der Waals surface area (Å²) in [6.45, 7) is 0. The molecule has 0 aliphatic carbocycles. The topological polar surface area (TPSA) is 22.1 Å². The number of halogens is 8. The van der Waals surface area contributed by atoms with Gasteiger partial charge in [-0.3, -0.25) is 0 Å². The van der Waals surface area contributed by atoms with Crippen LogP contribution in [0.25, 0.3) is 11.3 Å². The van der Waals surface area contributed by atoms with Crippen LogP contribution in [0.1, 0.15) is 11.1 Å². The molecule has 2 aromatic carbocycles. The van der Waals surface area contributed by atoms with Crippen molar-refractivity contribution in [2.45, 2.75) is 17.2 Å². The van der Waals surface area contributed by atoms with E-state index in [1.165, 1.54) is 6.26 Å². The first-order valence-electron chi connectivity index (χ1n) is 8.37. The SMILES string of the molecule is CSc1c(F)c(Oc2cccc(C(F)(F)F)c2)nc(-c2ccc(C(F)(F)F)cc2)c1F. The number of nitrogens with zero attached hydrogens (tertiary/aromatic N) is 1. The van der Waals surface area contributed by atoms with Gasteiger partial charge in [-0.15, -0.1) is 11.8 Å². The van der Waals surface area contributed by atoms with Crippen molar-refractivity contribution in [2.24, 2.45) is 0 Å². The van der Waals surface area contributed by atoms with Crippen molar-refractivity contribution in [3.05, 3.63) is 71.3 Å². The Morgan fingerprint density at radius 3 is 1.97 bits per heavy atom. The molecule has 31 heavy (non-hydrogen) atoms. The molecule has 0 aliphatic rings. The van der Waals surface area contributed by atoms with E-state index >= 15 is 0 Å². The molecule has 1 aromatic heterocycles. The van der Waals surface area contributed by atoms with Gasteiger partial charge in [0.1, 0.15) is 11.4 Å². The minimum absolute atomic E-state index is 0.102. The van der Waals surface area contributed by atoms with Gasteiger partial charge in [-0.25, -0.2) is 9.37 Å². The monoisotopic (exact) mass is 465 g/mol. The predicted molar refractivity (Wildman–Crippen MR) is 97.9 cm³/mol. The van der Waals surface area contributed by atoms with Crippen LogP contribution in [0, 0.1) is 11.6 Å². The van der Waals surface area contributed by atoms with E-state index in [0.717, 1.165) is 30.3 Å². The summed E-state index contributed by atoms with van der Waals surface area (Å²) in [5.74, 6) is -3.61. The Hall–Kier alpha value is -2.82. The maximum absolute atomic E-state index is 14.7. The second kappa shape index (κ2) is 8.37. The molecule has 164 valence electrons. The highest BCUT2D eigenvalue weighted by molar-refractivity contribution is 7.98. The highest BCUT2D eigenvalue weighted by atomic mass is 32.2. The Kier molecular flexibility index (Phi) is 6.17. The van der Waals surface area contributed by atoms with Gasteiger partial charge in [-0.2, -0.15) is 30.7 Å². The molecule has 3 rings (SSSR count). The number of alkyl halides is 6. The van der Waals surface area contributed by atoms with E-state index in [0.29, 0.717) is 30.0 Å². The van der Waals surface area contributed by atoms with E-state index in [1.54, 1.807) is 0 Å². The Morgan fingerprint density at radius 2 is 1.42 bits per heavy atom. The van der Waals surface area contributed by atoms with E-state index in [4.69, 9.17) is 4.74 Å². The van der Waals surface area contributed by atoms with E-state index < -0.39 is 57.3 Å². The molecule has 0 radical (unpaired) electrons. The largest absolute Gasteiger partial charge is 0.436 e. The summed E-state index contributed by atoms with van der Waals surface area (Å²) < 4.78 is 111. The second-order valence-corrected chi connectivity index (χ2v) is 6.95. The maximum Gasteiger partial charge on any atom is 0.416 e. The maximum atomic E-state index is 14.7. The van der Waals surface area contributed by atoms with Crippen molar-refractivity contribution in [2.75, 3.05) is 6.26 Å². The van der Waals surface area contributed by atoms with E-state index in [2.05, 4.69) is 4.98 Å². The van der Waals surface area contributed by atoms with Crippen LogP contribution in [0.4, 0.5) is 35.1 Å². The lowest BCUT2D eigenvalue weighted by Crippen LogP contribution is -2.06.